The fourth-order valence-electron chi connectivity index (χ4n) is 5.17. The van der Waals surface area contributed by atoms with Crippen LogP contribution in [-0.4, -0.2) is 88.4 Å². The summed E-state index contributed by atoms with van der Waals surface area (Å²) in [4.78, 5) is 43.1. The topological polar surface area (TPSA) is 103 Å². The summed E-state index contributed by atoms with van der Waals surface area (Å²) in [5.74, 6) is -2.21. The highest BCUT2D eigenvalue weighted by Gasteiger charge is 2.28. The molecular formula is C28H30ClF2N7O3. The van der Waals surface area contributed by atoms with E-state index in [0.717, 1.165) is 6.07 Å². The van der Waals surface area contributed by atoms with Crippen LogP contribution in [0.5, 0.6) is 0 Å². The Labute approximate surface area is 240 Å². The zero-order chi connectivity index (χ0) is 29.3. The number of nitrogens with one attached hydrogen (secondary N) is 2. The lowest BCUT2D eigenvalue weighted by Gasteiger charge is -2.42. The Morgan fingerprint density at radius 2 is 1.63 bits per heavy atom. The number of Topliss-reactive ketones (excluding diaryl/α,β-unsaturated/α-hetero) is 1. The van der Waals surface area contributed by atoms with Crippen LogP contribution in [0.4, 0.5) is 20.3 Å². The van der Waals surface area contributed by atoms with Crippen molar-refractivity contribution in [1.82, 2.24) is 24.5 Å². The maximum Gasteiger partial charge on any atom is 0.272 e. The maximum atomic E-state index is 14.5. The van der Waals surface area contributed by atoms with E-state index in [0.29, 0.717) is 63.4 Å². The number of hydrogen-bond acceptors (Lipinski definition) is 7. The minimum atomic E-state index is -0.875. The van der Waals surface area contributed by atoms with Gasteiger partial charge in [-0.15, -0.1) is 0 Å². The Morgan fingerprint density at radius 3 is 2.29 bits per heavy atom. The van der Waals surface area contributed by atoms with Crippen LogP contribution >= 0.6 is 11.6 Å². The molecule has 2 N–H and O–H groups in total. The second kappa shape index (κ2) is 11.9. The van der Waals surface area contributed by atoms with E-state index in [2.05, 4.69) is 25.6 Å². The van der Waals surface area contributed by atoms with Gasteiger partial charge in [0.1, 0.15) is 11.5 Å². The van der Waals surface area contributed by atoms with Gasteiger partial charge < -0.3 is 20.1 Å². The standard InChI is InChI=1S/C28H30ClF2N7O3/c1-32-26-22(30)16-20(25(31)34-26)23-5-6-24(35(23)2)27(40)33-17-3-4-19(21(29)15-17)28(41)36-11-13-38(14-12-36)37-9-7-18(39)8-10-37/h3-6,15-16H,7-14H2,1-2H3,(H,32,34)(H,33,40). The van der Waals surface area contributed by atoms with E-state index < -0.39 is 17.7 Å². The molecule has 5 rings (SSSR count). The lowest BCUT2D eigenvalue weighted by molar-refractivity contribution is -0.128. The fourth-order valence-corrected chi connectivity index (χ4v) is 5.43. The molecule has 4 heterocycles. The second-order valence-corrected chi connectivity index (χ2v) is 10.4. The number of halogens is 3. The van der Waals surface area contributed by atoms with Crippen molar-refractivity contribution in [3.8, 4) is 11.3 Å². The van der Waals surface area contributed by atoms with E-state index in [1.165, 1.54) is 29.8 Å². The minimum absolute atomic E-state index is 0.0826. The lowest BCUT2D eigenvalue weighted by Crippen LogP contribution is -2.56. The number of ketones is 1. The molecule has 0 unspecified atom stereocenters. The Kier molecular flexibility index (Phi) is 8.34. The largest absolute Gasteiger partial charge is 0.371 e. The molecule has 0 saturated carbocycles. The predicted octanol–water partition coefficient (Wildman–Crippen LogP) is 3.65. The summed E-state index contributed by atoms with van der Waals surface area (Å²) in [6.07, 6.45) is 1.12. The molecule has 10 nitrogen and oxygen atoms in total. The number of amides is 2. The van der Waals surface area contributed by atoms with E-state index in [9.17, 15) is 23.2 Å². The van der Waals surface area contributed by atoms with Gasteiger partial charge in [0.05, 0.1) is 21.8 Å². The summed E-state index contributed by atoms with van der Waals surface area (Å²) in [5, 5.41) is 9.81. The monoisotopic (exact) mass is 585 g/mol. The number of aromatic nitrogens is 2. The van der Waals surface area contributed by atoms with Gasteiger partial charge in [-0.1, -0.05) is 11.6 Å². The Balaban J connectivity index is 1.23. The van der Waals surface area contributed by atoms with Gasteiger partial charge in [0.2, 0.25) is 5.95 Å². The first-order valence-corrected chi connectivity index (χ1v) is 13.7. The summed E-state index contributed by atoms with van der Waals surface area (Å²) in [6.45, 7) is 3.85. The molecule has 2 aliphatic rings. The Hall–Kier alpha value is -3.87. The molecule has 3 aromatic rings. The first-order chi connectivity index (χ1) is 19.7. The first-order valence-electron chi connectivity index (χ1n) is 13.3. The molecule has 2 fully saturated rings. The molecule has 0 bridgehead atoms. The molecule has 0 aliphatic carbocycles. The highest BCUT2D eigenvalue weighted by atomic mass is 35.5. The molecule has 2 aromatic heterocycles. The number of carbonyl (C=O) groups excluding carboxylic acids is 3. The number of piperidine rings is 1. The number of rotatable bonds is 6. The number of carbonyl (C=O) groups is 3. The number of nitrogens with zero attached hydrogens (tertiary/aromatic N) is 5. The summed E-state index contributed by atoms with van der Waals surface area (Å²) in [7, 11) is 3.00. The van der Waals surface area contributed by atoms with E-state index in [1.807, 2.05) is 0 Å². The molecule has 2 amide bonds. The van der Waals surface area contributed by atoms with Gasteiger partial charge in [0.15, 0.2) is 11.6 Å². The molecule has 2 saturated heterocycles. The van der Waals surface area contributed by atoms with Crippen LogP contribution in [0.2, 0.25) is 5.02 Å². The SMILES string of the molecule is CNc1nc(F)c(-c2ccc(C(=O)Nc3ccc(C(=O)N4CCN(N5CCC(=O)CC5)CC4)c(Cl)c3)n2C)cc1F. The van der Waals surface area contributed by atoms with Crippen LogP contribution in [0, 0.1) is 11.8 Å². The van der Waals surface area contributed by atoms with Gasteiger partial charge >= 0.3 is 0 Å². The molecule has 0 spiro atoms. The molecule has 41 heavy (non-hydrogen) atoms. The van der Waals surface area contributed by atoms with Crippen LogP contribution in [0.25, 0.3) is 11.3 Å². The Bertz CT molecular complexity index is 1490. The van der Waals surface area contributed by atoms with E-state index in [4.69, 9.17) is 11.6 Å². The average Bonchev–Trinajstić information content (AvgIpc) is 3.35. The highest BCUT2D eigenvalue weighted by Crippen LogP contribution is 2.28. The molecular weight excluding hydrogens is 556 g/mol. The third kappa shape index (κ3) is 5.95. The summed E-state index contributed by atoms with van der Waals surface area (Å²) < 4.78 is 30.2. The van der Waals surface area contributed by atoms with Crippen molar-refractivity contribution in [2.45, 2.75) is 12.8 Å². The molecule has 2 aliphatic heterocycles. The molecule has 13 heteroatoms. The van der Waals surface area contributed by atoms with Crippen molar-refractivity contribution < 1.29 is 23.2 Å². The fraction of sp³-hybridized carbons (Fsp3) is 0.357. The zero-order valence-corrected chi connectivity index (χ0v) is 23.5. The summed E-state index contributed by atoms with van der Waals surface area (Å²) in [6, 6.07) is 8.70. The van der Waals surface area contributed by atoms with Crippen molar-refractivity contribution in [3.05, 3.63) is 64.4 Å². The summed E-state index contributed by atoms with van der Waals surface area (Å²) >= 11 is 6.47. The molecule has 1 aromatic carbocycles. The number of anilines is 2. The third-order valence-corrected chi connectivity index (χ3v) is 7.81. The van der Waals surface area contributed by atoms with Crippen LogP contribution < -0.4 is 10.6 Å². The smallest absolute Gasteiger partial charge is 0.272 e. The van der Waals surface area contributed by atoms with Crippen molar-refractivity contribution in [1.29, 1.82) is 0 Å². The molecule has 216 valence electrons. The van der Waals surface area contributed by atoms with Crippen LogP contribution in [0.1, 0.15) is 33.7 Å². The number of benzene rings is 1. The zero-order valence-electron chi connectivity index (χ0n) is 22.7. The minimum Gasteiger partial charge on any atom is -0.371 e. The molecule has 0 radical (unpaired) electrons. The maximum absolute atomic E-state index is 14.5. The van der Waals surface area contributed by atoms with E-state index in [1.54, 1.807) is 24.1 Å². The van der Waals surface area contributed by atoms with Crippen LogP contribution in [0.3, 0.4) is 0 Å². The van der Waals surface area contributed by atoms with Gasteiger partial charge in [0.25, 0.3) is 11.8 Å². The predicted molar refractivity (Wildman–Crippen MR) is 151 cm³/mol. The number of piperazine rings is 1. The number of hydrogen-bond donors (Lipinski definition) is 2. The normalized spacial score (nSPS) is 16.6. The first kappa shape index (κ1) is 28.7. The average molecular weight is 586 g/mol. The lowest BCUT2D eigenvalue weighted by atomic mass is 10.1. The van der Waals surface area contributed by atoms with Gasteiger partial charge in [-0.3, -0.25) is 14.4 Å². The highest BCUT2D eigenvalue weighted by molar-refractivity contribution is 6.34. The van der Waals surface area contributed by atoms with Crippen LogP contribution in [-0.2, 0) is 11.8 Å². The van der Waals surface area contributed by atoms with Gasteiger partial charge in [-0.2, -0.15) is 9.37 Å². The van der Waals surface area contributed by atoms with Gasteiger partial charge in [0, 0.05) is 71.9 Å². The van der Waals surface area contributed by atoms with E-state index in [-0.39, 0.29) is 39.5 Å². The second-order valence-electron chi connectivity index (χ2n) is 9.96. The van der Waals surface area contributed by atoms with E-state index >= 15 is 0 Å². The van der Waals surface area contributed by atoms with Crippen LogP contribution in [0.15, 0.2) is 36.4 Å². The number of hydrazine groups is 1. The summed E-state index contributed by atoms with van der Waals surface area (Å²) in [5.41, 5.74) is 1.10. The van der Waals surface area contributed by atoms with Crippen molar-refractivity contribution in [3.63, 3.8) is 0 Å². The quantitative estimate of drug-likeness (QED) is 0.426. The Morgan fingerprint density at radius 1 is 0.951 bits per heavy atom. The van der Waals surface area contributed by atoms with Gasteiger partial charge in [-0.25, -0.2) is 14.4 Å². The molecule has 0 atom stereocenters. The third-order valence-electron chi connectivity index (χ3n) is 7.49. The number of pyridine rings is 1. The van der Waals surface area contributed by atoms with Crippen molar-refractivity contribution in [2.75, 3.05) is 56.9 Å². The van der Waals surface area contributed by atoms with Crippen molar-refractivity contribution >= 4 is 40.7 Å². The van der Waals surface area contributed by atoms with Crippen molar-refractivity contribution in [2.24, 2.45) is 7.05 Å². The van der Waals surface area contributed by atoms with Gasteiger partial charge in [-0.05, 0) is 36.4 Å².